The van der Waals surface area contributed by atoms with Crippen molar-refractivity contribution in [2.45, 2.75) is 19.4 Å². The van der Waals surface area contributed by atoms with Crippen molar-refractivity contribution in [1.82, 2.24) is 5.32 Å². The van der Waals surface area contributed by atoms with Crippen LogP contribution in [0.15, 0.2) is 18.2 Å². The van der Waals surface area contributed by atoms with Crippen LogP contribution in [0.3, 0.4) is 0 Å². The largest absolute Gasteiger partial charge is 0.479 e. The molecule has 8 heteroatoms. The number of rotatable bonds is 6. The SMILES string of the molecule is COCC(C)(NC(=O)c1ccc(F)c(NC(C)=O)c1)C(=O)O. The third kappa shape index (κ3) is 4.26. The maximum absolute atomic E-state index is 13.5. The number of carbonyl (C=O) groups is 3. The maximum atomic E-state index is 13.5. The summed E-state index contributed by atoms with van der Waals surface area (Å²) in [5, 5.41) is 13.7. The zero-order chi connectivity index (χ0) is 16.9. The predicted octanol–water partition coefficient (Wildman–Crippen LogP) is 1.00. The molecule has 0 fully saturated rings. The van der Waals surface area contributed by atoms with Gasteiger partial charge in [-0.15, -0.1) is 0 Å². The van der Waals surface area contributed by atoms with Crippen LogP contribution < -0.4 is 10.6 Å². The molecular formula is C14H17FN2O5. The number of carboxylic acids is 1. The van der Waals surface area contributed by atoms with Crippen molar-refractivity contribution in [2.24, 2.45) is 0 Å². The first-order chi connectivity index (χ1) is 10.2. The zero-order valence-corrected chi connectivity index (χ0v) is 12.4. The van der Waals surface area contributed by atoms with Gasteiger partial charge in [-0.2, -0.15) is 0 Å². The number of carboxylic acid groups (broad SMARTS) is 1. The van der Waals surface area contributed by atoms with Gasteiger partial charge >= 0.3 is 5.97 Å². The van der Waals surface area contributed by atoms with E-state index in [-0.39, 0.29) is 17.9 Å². The molecule has 0 spiro atoms. The molecule has 0 heterocycles. The van der Waals surface area contributed by atoms with Crippen LogP contribution in [-0.2, 0) is 14.3 Å². The highest BCUT2D eigenvalue weighted by Gasteiger charge is 2.35. The first-order valence-electron chi connectivity index (χ1n) is 6.31. The van der Waals surface area contributed by atoms with Crippen LogP contribution in [0.4, 0.5) is 10.1 Å². The van der Waals surface area contributed by atoms with Crippen molar-refractivity contribution in [3.05, 3.63) is 29.6 Å². The molecule has 0 aromatic heterocycles. The minimum Gasteiger partial charge on any atom is -0.479 e. The lowest BCUT2D eigenvalue weighted by Gasteiger charge is -2.25. The summed E-state index contributed by atoms with van der Waals surface area (Å²) in [5.41, 5.74) is -1.79. The van der Waals surface area contributed by atoms with Crippen LogP contribution in [0.1, 0.15) is 24.2 Å². The van der Waals surface area contributed by atoms with E-state index in [1.165, 1.54) is 27.0 Å². The van der Waals surface area contributed by atoms with Crippen molar-refractivity contribution in [3.8, 4) is 0 Å². The average molecular weight is 312 g/mol. The topological polar surface area (TPSA) is 105 Å². The molecule has 0 radical (unpaired) electrons. The van der Waals surface area contributed by atoms with E-state index < -0.39 is 29.1 Å². The summed E-state index contributed by atoms with van der Waals surface area (Å²) < 4.78 is 18.3. The molecule has 1 atom stereocenters. The Kier molecular flexibility index (Phi) is 5.58. The molecule has 1 aromatic rings. The number of carbonyl (C=O) groups excluding carboxylic acids is 2. The highest BCUT2D eigenvalue weighted by Crippen LogP contribution is 2.17. The highest BCUT2D eigenvalue weighted by atomic mass is 19.1. The molecular weight excluding hydrogens is 295 g/mol. The first-order valence-corrected chi connectivity index (χ1v) is 6.31. The van der Waals surface area contributed by atoms with Gasteiger partial charge in [0.2, 0.25) is 5.91 Å². The Labute approximate surface area is 126 Å². The van der Waals surface area contributed by atoms with Gasteiger partial charge in [0.25, 0.3) is 5.91 Å². The number of amides is 2. The molecule has 1 unspecified atom stereocenters. The summed E-state index contributed by atoms with van der Waals surface area (Å²) in [5.74, 6) is -3.20. The Morgan fingerprint density at radius 3 is 2.50 bits per heavy atom. The molecule has 0 saturated carbocycles. The molecule has 22 heavy (non-hydrogen) atoms. The summed E-state index contributed by atoms with van der Waals surface area (Å²) in [6.45, 7) is 2.25. The fourth-order valence-corrected chi connectivity index (χ4v) is 1.71. The van der Waals surface area contributed by atoms with E-state index in [1.807, 2.05) is 0 Å². The molecule has 1 rings (SSSR count). The second-order valence-corrected chi connectivity index (χ2v) is 4.90. The molecule has 3 N–H and O–H groups in total. The van der Waals surface area contributed by atoms with Gasteiger partial charge in [-0.25, -0.2) is 9.18 Å². The quantitative estimate of drug-likeness (QED) is 0.727. The van der Waals surface area contributed by atoms with Crippen molar-refractivity contribution in [2.75, 3.05) is 19.0 Å². The normalized spacial score (nSPS) is 13.1. The van der Waals surface area contributed by atoms with Crippen LogP contribution >= 0.6 is 0 Å². The van der Waals surface area contributed by atoms with Crippen LogP contribution in [0.2, 0.25) is 0 Å². The summed E-state index contributed by atoms with van der Waals surface area (Å²) >= 11 is 0. The van der Waals surface area contributed by atoms with Gasteiger partial charge in [0, 0.05) is 19.6 Å². The molecule has 1 aromatic carbocycles. The molecule has 0 aliphatic carbocycles. The lowest BCUT2D eigenvalue weighted by Crippen LogP contribution is -2.55. The van der Waals surface area contributed by atoms with E-state index in [0.29, 0.717) is 0 Å². The number of halogens is 1. The van der Waals surface area contributed by atoms with Gasteiger partial charge in [-0.1, -0.05) is 0 Å². The summed E-state index contributed by atoms with van der Waals surface area (Å²) in [4.78, 5) is 34.3. The molecule has 0 saturated heterocycles. The van der Waals surface area contributed by atoms with Crippen LogP contribution in [-0.4, -0.2) is 42.1 Å². The number of anilines is 1. The number of hydrogen-bond acceptors (Lipinski definition) is 4. The van der Waals surface area contributed by atoms with E-state index >= 15 is 0 Å². The van der Waals surface area contributed by atoms with Crippen LogP contribution in [0, 0.1) is 5.82 Å². The van der Waals surface area contributed by atoms with E-state index in [2.05, 4.69) is 10.6 Å². The molecule has 0 aliphatic heterocycles. The first kappa shape index (κ1) is 17.6. The van der Waals surface area contributed by atoms with E-state index in [9.17, 15) is 18.8 Å². The number of aliphatic carboxylic acids is 1. The zero-order valence-electron chi connectivity index (χ0n) is 12.4. The third-order valence-corrected chi connectivity index (χ3v) is 2.83. The van der Waals surface area contributed by atoms with Crippen LogP contribution in [0.25, 0.3) is 0 Å². The second-order valence-electron chi connectivity index (χ2n) is 4.90. The van der Waals surface area contributed by atoms with Crippen LogP contribution in [0.5, 0.6) is 0 Å². The Morgan fingerprint density at radius 1 is 1.36 bits per heavy atom. The molecule has 7 nitrogen and oxygen atoms in total. The van der Waals surface area contributed by atoms with Crippen molar-refractivity contribution in [1.29, 1.82) is 0 Å². The highest BCUT2D eigenvalue weighted by molar-refractivity contribution is 5.99. The van der Waals surface area contributed by atoms with Gasteiger partial charge in [0.05, 0.1) is 12.3 Å². The van der Waals surface area contributed by atoms with Gasteiger partial charge in [-0.3, -0.25) is 9.59 Å². The van der Waals surface area contributed by atoms with Crippen molar-refractivity contribution >= 4 is 23.5 Å². The predicted molar refractivity (Wildman–Crippen MR) is 76.1 cm³/mol. The van der Waals surface area contributed by atoms with E-state index in [1.54, 1.807) is 0 Å². The number of methoxy groups -OCH3 is 1. The van der Waals surface area contributed by atoms with Gasteiger partial charge < -0.3 is 20.5 Å². The molecule has 0 bridgehead atoms. The minimum atomic E-state index is -1.63. The van der Waals surface area contributed by atoms with E-state index in [4.69, 9.17) is 9.84 Å². The third-order valence-electron chi connectivity index (χ3n) is 2.83. The summed E-state index contributed by atoms with van der Waals surface area (Å²) in [6.07, 6.45) is 0. The van der Waals surface area contributed by atoms with Crippen molar-refractivity contribution < 1.29 is 28.6 Å². The van der Waals surface area contributed by atoms with E-state index in [0.717, 1.165) is 12.1 Å². The monoisotopic (exact) mass is 312 g/mol. The Morgan fingerprint density at radius 2 is 2.00 bits per heavy atom. The number of benzene rings is 1. The summed E-state index contributed by atoms with van der Waals surface area (Å²) in [6, 6.07) is 3.32. The average Bonchev–Trinajstić information content (AvgIpc) is 2.40. The minimum absolute atomic E-state index is 0.00808. The maximum Gasteiger partial charge on any atom is 0.331 e. The molecule has 120 valence electrons. The number of hydrogen-bond donors (Lipinski definition) is 3. The lowest BCUT2D eigenvalue weighted by atomic mass is 10.0. The fraction of sp³-hybridized carbons (Fsp3) is 0.357. The Hall–Kier alpha value is -2.48. The lowest BCUT2D eigenvalue weighted by molar-refractivity contribution is -0.145. The van der Waals surface area contributed by atoms with Gasteiger partial charge in [0.1, 0.15) is 5.82 Å². The second kappa shape index (κ2) is 6.99. The fourth-order valence-electron chi connectivity index (χ4n) is 1.71. The van der Waals surface area contributed by atoms with Gasteiger partial charge in [-0.05, 0) is 25.1 Å². The Bertz CT molecular complexity index is 605. The summed E-state index contributed by atoms with van der Waals surface area (Å²) in [7, 11) is 1.31. The standard InChI is InChI=1S/C14H17FN2O5/c1-8(18)16-11-6-9(4-5-10(11)15)12(19)17-14(2,7-22-3)13(20)21/h4-6H,7H2,1-3H3,(H,16,18)(H,17,19)(H,20,21). The Balaban J connectivity index is 3.02. The smallest absolute Gasteiger partial charge is 0.331 e. The number of ether oxygens (including phenoxy) is 1. The number of nitrogens with one attached hydrogen (secondary N) is 2. The van der Waals surface area contributed by atoms with Crippen molar-refractivity contribution in [3.63, 3.8) is 0 Å². The van der Waals surface area contributed by atoms with Gasteiger partial charge in [0.15, 0.2) is 5.54 Å². The molecule has 0 aliphatic rings. The molecule has 2 amide bonds.